The molecule has 0 saturated heterocycles. The molecule has 0 aromatic carbocycles. The van der Waals surface area contributed by atoms with Gasteiger partial charge in [-0.15, -0.1) is 0 Å². The molecule has 88 valence electrons. The highest BCUT2D eigenvalue weighted by Crippen LogP contribution is 2.12. The predicted molar refractivity (Wildman–Crippen MR) is 62.1 cm³/mol. The van der Waals surface area contributed by atoms with Gasteiger partial charge in [-0.25, -0.2) is 0 Å². The maximum atomic E-state index is 11.8. The molecule has 1 N–H and O–H groups in total. The Balaban J connectivity index is 2.51. The molecule has 0 atom stereocenters. The number of carbonyl (C=O) groups is 2. The van der Waals surface area contributed by atoms with Crippen LogP contribution in [-0.2, 0) is 9.53 Å². The average Bonchev–Trinajstić information content (AvgIpc) is 2.71. The molecule has 16 heavy (non-hydrogen) atoms. The maximum absolute atomic E-state index is 11.8. The monoisotopic (exact) mass is 288 g/mol. The maximum Gasteiger partial charge on any atom is 0.307 e. The summed E-state index contributed by atoms with van der Waals surface area (Å²) in [4.78, 5) is 27.0. The van der Waals surface area contributed by atoms with Gasteiger partial charge in [0.15, 0.2) is 0 Å². The van der Waals surface area contributed by atoms with Crippen LogP contribution in [0, 0.1) is 0 Å². The SMILES string of the molecule is COC(=O)CCN(C)C(=O)c1cc(Br)c[nH]1. The number of carbonyl (C=O) groups excluding carboxylic acids is 2. The molecule has 1 rings (SSSR count). The van der Waals surface area contributed by atoms with Crippen LogP contribution in [-0.4, -0.2) is 42.5 Å². The summed E-state index contributed by atoms with van der Waals surface area (Å²) < 4.78 is 5.31. The molecule has 0 spiro atoms. The lowest BCUT2D eigenvalue weighted by Gasteiger charge is -2.15. The van der Waals surface area contributed by atoms with Crippen molar-refractivity contribution >= 4 is 27.8 Å². The molecular weight excluding hydrogens is 276 g/mol. The second-order valence-electron chi connectivity index (χ2n) is 3.28. The number of aromatic nitrogens is 1. The van der Waals surface area contributed by atoms with E-state index in [0.717, 1.165) is 4.47 Å². The number of nitrogens with zero attached hydrogens (tertiary/aromatic N) is 1. The summed E-state index contributed by atoms with van der Waals surface area (Å²) in [7, 11) is 2.96. The molecule has 0 radical (unpaired) electrons. The van der Waals surface area contributed by atoms with Gasteiger partial charge in [-0.05, 0) is 22.0 Å². The Morgan fingerprint density at radius 3 is 2.75 bits per heavy atom. The molecule has 1 amide bonds. The first-order chi connectivity index (χ1) is 7.54. The third-order valence-electron chi connectivity index (χ3n) is 2.10. The highest BCUT2D eigenvalue weighted by atomic mass is 79.9. The first kappa shape index (κ1) is 12.8. The lowest BCUT2D eigenvalue weighted by molar-refractivity contribution is -0.140. The van der Waals surface area contributed by atoms with E-state index in [9.17, 15) is 9.59 Å². The number of hydrogen-bond donors (Lipinski definition) is 1. The van der Waals surface area contributed by atoms with E-state index < -0.39 is 0 Å². The summed E-state index contributed by atoms with van der Waals surface area (Å²) in [5.74, 6) is -0.484. The van der Waals surface area contributed by atoms with Gasteiger partial charge >= 0.3 is 5.97 Å². The second-order valence-corrected chi connectivity index (χ2v) is 4.20. The van der Waals surface area contributed by atoms with Gasteiger partial charge in [-0.3, -0.25) is 9.59 Å². The number of hydrogen-bond acceptors (Lipinski definition) is 3. The Bertz CT molecular complexity index is 389. The highest BCUT2D eigenvalue weighted by Gasteiger charge is 2.14. The fraction of sp³-hybridized carbons (Fsp3) is 0.400. The van der Waals surface area contributed by atoms with Crippen molar-refractivity contribution in [2.45, 2.75) is 6.42 Å². The van der Waals surface area contributed by atoms with Crippen molar-refractivity contribution in [2.24, 2.45) is 0 Å². The second kappa shape index (κ2) is 5.69. The van der Waals surface area contributed by atoms with E-state index in [-0.39, 0.29) is 18.3 Å². The van der Waals surface area contributed by atoms with E-state index >= 15 is 0 Å². The van der Waals surface area contributed by atoms with Crippen molar-refractivity contribution in [1.29, 1.82) is 0 Å². The molecule has 5 nitrogen and oxygen atoms in total. The molecule has 0 bridgehead atoms. The zero-order valence-electron chi connectivity index (χ0n) is 9.12. The fourth-order valence-electron chi connectivity index (χ4n) is 1.16. The van der Waals surface area contributed by atoms with Crippen molar-refractivity contribution < 1.29 is 14.3 Å². The largest absolute Gasteiger partial charge is 0.469 e. The molecule has 1 heterocycles. The van der Waals surface area contributed by atoms with Crippen LogP contribution < -0.4 is 0 Å². The van der Waals surface area contributed by atoms with Crippen molar-refractivity contribution in [3.8, 4) is 0 Å². The molecule has 0 unspecified atom stereocenters. The molecule has 0 saturated carbocycles. The molecule has 0 aliphatic heterocycles. The van der Waals surface area contributed by atoms with Crippen molar-refractivity contribution in [2.75, 3.05) is 20.7 Å². The number of ether oxygens (including phenoxy) is 1. The van der Waals surface area contributed by atoms with E-state index in [1.807, 2.05) is 0 Å². The van der Waals surface area contributed by atoms with Crippen LogP contribution in [0.25, 0.3) is 0 Å². The van der Waals surface area contributed by atoms with Crippen LogP contribution in [0.2, 0.25) is 0 Å². The number of halogens is 1. The molecule has 0 aliphatic carbocycles. The summed E-state index contributed by atoms with van der Waals surface area (Å²) in [5.41, 5.74) is 0.485. The van der Waals surface area contributed by atoms with Crippen molar-refractivity contribution in [3.05, 3.63) is 22.4 Å². The number of nitrogens with one attached hydrogen (secondary N) is 1. The van der Waals surface area contributed by atoms with Gasteiger partial charge in [0.1, 0.15) is 5.69 Å². The Labute approximate surface area is 102 Å². The van der Waals surface area contributed by atoms with Gasteiger partial charge in [0.2, 0.25) is 0 Å². The Morgan fingerprint density at radius 1 is 1.56 bits per heavy atom. The third kappa shape index (κ3) is 3.37. The van der Waals surface area contributed by atoms with E-state index in [2.05, 4.69) is 25.7 Å². The quantitative estimate of drug-likeness (QED) is 0.852. The highest BCUT2D eigenvalue weighted by molar-refractivity contribution is 9.10. The minimum atomic E-state index is -0.327. The molecule has 0 aliphatic rings. The average molecular weight is 289 g/mol. The van der Waals surface area contributed by atoms with Gasteiger partial charge < -0.3 is 14.6 Å². The van der Waals surface area contributed by atoms with Crippen LogP contribution in [0.1, 0.15) is 16.9 Å². The molecule has 6 heteroatoms. The number of rotatable bonds is 4. The fourth-order valence-corrected chi connectivity index (χ4v) is 1.50. The molecule has 0 fully saturated rings. The van der Waals surface area contributed by atoms with Crippen molar-refractivity contribution in [1.82, 2.24) is 9.88 Å². The van der Waals surface area contributed by atoms with E-state index in [1.165, 1.54) is 12.0 Å². The standard InChI is InChI=1S/C10H13BrN2O3/c1-13(4-3-9(14)16-2)10(15)8-5-7(11)6-12-8/h5-6,12H,3-4H2,1-2H3. The van der Waals surface area contributed by atoms with E-state index in [4.69, 9.17) is 0 Å². The number of methoxy groups -OCH3 is 1. The predicted octanol–water partition coefficient (Wildman–Crippen LogP) is 1.41. The zero-order valence-corrected chi connectivity index (χ0v) is 10.7. The first-order valence-electron chi connectivity index (χ1n) is 4.70. The molecule has 1 aromatic rings. The number of amides is 1. The van der Waals surface area contributed by atoms with Gasteiger partial charge in [0.05, 0.1) is 13.5 Å². The molecular formula is C10H13BrN2O3. The van der Waals surface area contributed by atoms with Crippen LogP contribution in [0.5, 0.6) is 0 Å². The van der Waals surface area contributed by atoms with Crippen LogP contribution in [0.15, 0.2) is 16.7 Å². The minimum Gasteiger partial charge on any atom is -0.469 e. The van der Waals surface area contributed by atoms with Crippen LogP contribution >= 0.6 is 15.9 Å². The van der Waals surface area contributed by atoms with Crippen LogP contribution in [0.3, 0.4) is 0 Å². The Hall–Kier alpha value is -1.30. The van der Waals surface area contributed by atoms with Gasteiger partial charge in [0, 0.05) is 24.3 Å². The lowest BCUT2D eigenvalue weighted by Crippen LogP contribution is -2.29. The third-order valence-corrected chi connectivity index (χ3v) is 2.56. The summed E-state index contributed by atoms with van der Waals surface area (Å²) in [5, 5.41) is 0. The van der Waals surface area contributed by atoms with Gasteiger partial charge in [-0.1, -0.05) is 0 Å². The number of H-pyrrole nitrogens is 1. The van der Waals surface area contributed by atoms with Crippen LogP contribution in [0.4, 0.5) is 0 Å². The zero-order chi connectivity index (χ0) is 12.1. The lowest BCUT2D eigenvalue weighted by atomic mass is 10.3. The topological polar surface area (TPSA) is 62.4 Å². The number of esters is 1. The summed E-state index contributed by atoms with van der Waals surface area (Å²) in [6.45, 7) is 0.335. The smallest absolute Gasteiger partial charge is 0.307 e. The van der Waals surface area contributed by atoms with Gasteiger partial charge in [-0.2, -0.15) is 0 Å². The van der Waals surface area contributed by atoms with Crippen molar-refractivity contribution in [3.63, 3.8) is 0 Å². The summed E-state index contributed by atoms with van der Waals surface area (Å²) in [6, 6.07) is 1.69. The van der Waals surface area contributed by atoms with Gasteiger partial charge in [0.25, 0.3) is 5.91 Å². The number of aromatic amines is 1. The van der Waals surface area contributed by atoms with E-state index in [1.54, 1.807) is 19.3 Å². The Morgan fingerprint density at radius 2 is 2.25 bits per heavy atom. The molecule has 1 aromatic heterocycles. The summed E-state index contributed by atoms with van der Waals surface area (Å²) >= 11 is 3.25. The Kier molecular flexibility index (Phi) is 4.54. The normalized spacial score (nSPS) is 9.94. The first-order valence-corrected chi connectivity index (χ1v) is 5.50. The van der Waals surface area contributed by atoms with E-state index in [0.29, 0.717) is 12.2 Å². The minimum absolute atomic E-state index is 0.158. The summed E-state index contributed by atoms with van der Waals surface area (Å²) in [6.07, 6.45) is 1.88.